The molecule has 0 N–H and O–H groups in total. The third-order valence-electron chi connectivity index (χ3n) is 2.45. The molecule has 0 aromatic heterocycles. The molecule has 1 aliphatic heterocycles. The molecule has 16 heavy (non-hydrogen) atoms. The van der Waals surface area contributed by atoms with Gasteiger partial charge in [-0.25, -0.2) is 4.79 Å². The van der Waals surface area contributed by atoms with Gasteiger partial charge in [-0.3, -0.25) is 0 Å². The van der Waals surface area contributed by atoms with Crippen molar-refractivity contribution in [2.45, 2.75) is 6.54 Å². The van der Waals surface area contributed by atoms with Gasteiger partial charge in [0.1, 0.15) is 12.4 Å². The largest absolute Gasteiger partial charge is 0.496 e. The second-order valence-corrected chi connectivity index (χ2v) is 4.41. The van der Waals surface area contributed by atoms with Crippen molar-refractivity contribution in [2.24, 2.45) is 0 Å². The maximum absolute atomic E-state index is 11.3. The maximum Gasteiger partial charge on any atom is 0.410 e. The van der Waals surface area contributed by atoms with E-state index in [9.17, 15) is 4.79 Å². The molecule has 0 bridgehead atoms. The van der Waals surface area contributed by atoms with Gasteiger partial charge in [0.25, 0.3) is 0 Å². The van der Waals surface area contributed by atoms with Crippen LogP contribution in [0.3, 0.4) is 0 Å². The zero-order chi connectivity index (χ0) is 11.5. The highest BCUT2D eigenvalue weighted by Gasteiger charge is 2.22. The van der Waals surface area contributed by atoms with Gasteiger partial charge in [0.2, 0.25) is 0 Å². The highest BCUT2D eigenvalue weighted by molar-refractivity contribution is 9.10. The van der Waals surface area contributed by atoms with Crippen LogP contribution in [0.5, 0.6) is 5.75 Å². The summed E-state index contributed by atoms with van der Waals surface area (Å²) in [6, 6.07) is 5.73. The second-order valence-electron chi connectivity index (χ2n) is 3.49. The van der Waals surface area contributed by atoms with Crippen molar-refractivity contribution >= 4 is 22.0 Å². The Labute approximate surface area is 102 Å². The number of halogens is 1. The number of carbonyl (C=O) groups is 1. The van der Waals surface area contributed by atoms with Gasteiger partial charge in [-0.2, -0.15) is 0 Å². The number of cyclic esters (lactones) is 1. The van der Waals surface area contributed by atoms with Crippen LogP contribution < -0.4 is 4.74 Å². The number of carbonyl (C=O) groups excluding carboxylic acids is 1. The fourth-order valence-corrected chi connectivity index (χ4v) is 2.05. The Morgan fingerprint density at radius 3 is 3.00 bits per heavy atom. The molecule has 1 saturated heterocycles. The van der Waals surface area contributed by atoms with Crippen molar-refractivity contribution in [2.75, 3.05) is 20.3 Å². The molecule has 0 saturated carbocycles. The fraction of sp³-hybridized carbons (Fsp3) is 0.364. The number of benzene rings is 1. The fourth-order valence-electron chi connectivity index (χ4n) is 1.65. The molecule has 5 heteroatoms. The van der Waals surface area contributed by atoms with E-state index < -0.39 is 0 Å². The average molecular weight is 286 g/mol. The zero-order valence-electron chi connectivity index (χ0n) is 8.90. The van der Waals surface area contributed by atoms with Gasteiger partial charge in [-0.1, -0.05) is 15.9 Å². The maximum atomic E-state index is 11.3. The first-order valence-electron chi connectivity index (χ1n) is 4.95. The van der Waals surface area contributed by atoms with E-state index in [4.69, 9.17) is 9.47 Å². The Balaban J connectivity index is 2.19. The molecule has 0 spiro atoms. The quantitative estimate of drug-likeness (QED) is 0.856. The number of hydrogen-bond acceptors (Lipinski definition) is 3. The lowest BCUT2D eigenvalue weighted by atomic mass is 10.2. The monoisotopic (exact) mass is 285 g/mol. The first-order valence-corrected chi connectivity index (χ1v) is 5.74. The molecule has 1 heterocycles. The molecule has 86 valence electrons. The van der Waals surface area contributed by atoms with Gasteiger partial charge in [0.15, 0.2) is 0 Å². The second kappa shape index (κ2) is 4.74. The molecule has 0 aliphatic carbocycles. The molecular formula is C11H12BrNO3. The molecule has 1 fully saturated rings. The van der Waals surface area contributed by atoms with Crippen molar-refractivity contribution in [1.82, 2.24) is 4.90 Å². The minimum Gasteiger partial charge on any atom is -0.496 e. The molecule has 1 aliphatic rings. The van der Waals surface area contributed by atoms with Crippen LogP contribution in [-0.4, -0.2) is 31.3 Å². The standard InChI is InChI=1S/C11H12BrNO3/c1-15-10-3-2-9(12)6-8(10)7-13-4-5-16-11(13)14/h2-3,6H,4-5,7H2,1H3. The summed E-state index contributed by atoms with van der Waals surface area (Å²) in [6.07, 6.45) is -0.262. The van der Waals surface area contributed by atoms with Crippen molar-refractivity contribution in [3.05, 3.63) is 28.2 Å². The van der Waals surface area contributed by atoms with Gasteiger partial charge >= 0.3 is 6.09 Å². The molecular weight excluding hydrogens is 274 g/mol. The number of amides is 1. The van der Waals surface area contributed by atoms with Gasteiger partial charge in [0, 0.05) is 10.0 Å². The van der Waals surface area contributed by atoms with Crippen LogP contribution in [0, 0.1) is 0 Å². The highest BCUT2D eigenvalue weighted by Crippen LogP contribution is 2.25. The van der Waals surface area contributed by atoms with Gasteiger partial charge in [-0.15, -0.1) is 0 Å². The summed E-state index contributed by atoms with van der Waals surface area (Å²) in [7, 11) is 1.62. The number of rotatable bonds is 3. The van der Waals surface area contributed by atoms with Crippen LogP contribution >= 0.6 is 15.9 Å². The molecule has 2 rings (SSSR count). The first kappa shape index (κ1) is 11.3. The van der Waals surface area contributed by atoms with E-state index in [0.29, 0.717) is 19.7 Å². The number of methoxy groups -OCH3 is 1. The highest BCUT2D eigenvalue weighted by atomic mass is 79.9. The number of hydrogen-bond donors (Lipinski definition) is 0. The normalized spacial score (nSPS) is 15.1. The van der Waals surface area contributed by atoms with E-state index in [0.717, 1.165) is 15.8 Å². The zero-order valence-corrected chi connectivity index (χ0v) is 10.5. The van der Waals surface area contributed by atoms with E-state index in [1.54, 1.807) is 12.0 Å². The Hall–Kier alpha value is -1.23. The molecule has 0 radical (unpaired) electrons. The molecule has 4 nitrogen and oxygen atoms in total. The Morgan fingerprint density at radius 2 is 2.38 bits per heavy atom. The minimum atomic E-state index is -0.262. The summed E-state index contributed by atoms with van der Waals surface area (Å²) in [6.45, 7) is 1.62. The molecule has 1 aromatic carbocycles. The van der Waals surface area contributed by atoms with E-state index in [1.165, 1.54) is 0 Å². The SMILES string of the molecule is COc1ccc(Br)cc1CN1CCOC1=O. The topological polar surface area (TPSA) is 38.8 Å². The average Bonchev–Trinajstić information content (AvgIpc) is 2.65. The first-order chi connectivity index (χ1) is 7.70. The lowest BCUT2D eigenvalue weighted by Crippen LogP contribution is -2.23. The van der Waals surface area contributed by atoms with E-state index >= 15 is 0 Å². The number of nitrogens with zero attached hydrogens (tertiary/aromatic N) is 1. The number of ether oxygens (including phenoxy) is 2. The van der Waals surface area contributed by atoms with Crippen LogP contribution in [0.25, 0.3) is 0 Å². The Kier molecular flexibility index (Phi) is 3.33. The van der Waals surface area contributed by atoms with E-state index in [-0.39, 0.29) is 6.09 Å². The van der Waals surface area contributed by atoms with Gasteiger partial charge in [0.05, 0.1) is 20.2 Å². The van der Waals surface area contributed by atoms with Crippen molar-refractivity contribution < 1.29 is 14.3 Å². The van der Waals surface area contributed by atoms with Gasteiger partial charge < -0.3 is 14.4 Å². The molecule has 0 unspecified atom stereocenters. The summed E-state index contributed by atoms with van der Waals surface area (Å²) in [4.78, 5) is 13.0. The summed E-state index contributed by atoms with van der Waals surface area (Å²) in [5.41, 5.74) is 0.968. The predicted octanol–water partition coefficient (Wildman–Crippen LogP) is 2.41. The lowest BCUT2D eigenvalue weighted by Gasteiger charge is -2.15. The van der Waals surface area contributed by atoms with Crippen molar-refractivity contribution in [3.8, 4) is 5.75 Å². The van der Waals surface area contributed by atoms with Crippen LogP contribution in [0.2, 0.25) is 0 Å². The molecule has 0 atom stereocenters. The lowest BCUT2D eigenvalue weighted by molar-refractivity contribution is 0.157. The summed E-state index contributed by atoms with van der Waals surface area (Å²) >= 11 is 3.40. The summed E-state index contributed by atoms with van der Waals surface area (Å²) in [5, 5.41) is 0. The van der Waals surface area contributed by atoms with Crippen molar-refractivity contribution in [3.63, 3.8) is 0 Å². The van der Waals surface area contributed by atoms with Crippen LogP contribution in [-0.2, 0) is 11.3 Å². The molecule has 1 amide bonds. The van der Waals surface area contributed by atoms with Crippen LogP contribution in [0.4, 0.5) is 4.79 Å². The van der Waals surface area contributed by atoms with E-state index in [2.05, 4.69) is 15.9 Å². The van der Waals surface area contributed by atoms with Crippen LogP contribution in [0.15, 0.2) is 22.7 Å². The van der Waals surface area contributed by atoms with E-state index in [1.807, 2.05) is 18.2 Å². The smallest absolute Gasteiger partial charge is 0.410 e. The third-order valence-corrected chi connectivity index (χ3v) is 2.94. The Morgan fingerprint density at radius 1 is 1.56 bits per heavy atom. The van der Waals surface area contributed by atoms with Gasteiger partial charge in [-0.05, 0) is 18.2 Å². The summed E-state index contributed by atoms with van der Waals surface area (Å²) in [5.74, 6) is 0.780. The Bertz CT molecular complexity index is 408. The third kappa shape index (κ3) is 2.29. The van der Waals surface area contributed by atoms with Crippen molar-refractivity contribution in [1.29, 1.82) is 0 Å². The summed E-state index contributed by atoms with van der Waals surface area (Å²) < 4.78 is 11.1. The molecule has 1 aromatic rings. The van der Waals surface area contributed by atoms with Crippen LogP contribution in [0.1, 0.15) is 5.56 Å². The minimum absolute atomic E-state index is 0.262. The predicted molar refractivity (Wildman–Crippen MR) is 62.5 cm³/mol.